The predicted molar refractivity (Wildman–Crippen MR) is 120 cm³/mol. The van der Waals surface area contributed by atoms with Crippen LogP contribution in [0.15, 0.2) is 11.8 Å². The zero-order valence-electron chi connectivity index (χ0n) is 20.3. The number of hydrogen-bond acceptors (Lipinski definition) is 5. The SMILES string of the molecule is CCOC1=CC(=O)O[C@@]2(CC[C@@]3(C)[C@@H](CC[C@@H]4[C@@H]3CC[C@]3(C)[C@@H](OC(C)=O)CC[C@@H]43)C2)C1. The highest BCUT2D eigenvalue weighted by Gasteiger charge is 2.62. The van der Waals surface area contributed by atoms with Crippen LogP contribution in [0.25, 0.3) is 0 Å². The zero-order valence-corrected chi connectivity index (χ0v) is 20.3. The first-order valence-corrected chi connectivity index (χ1v) is 12.9. The van der Waals surface area contributed by atoms with E-state index in [-0.39, 0.29) is 29.1 Å². The molecule has 5 rings (SSSR count). The van der Waals surface area contributed by atoms with E-state index >= 15 is 0 Å². The van der Waals surface area contributed by atoms with Crippen LogP contribution in [0, 0.1) is 34.5 Å². The van der Waals surface area contributed by atoms with E-state index in [9.17, 15) is 9.59 Å². The maximum absolute atomic E-state index is 12.3. The van der Waals surface area contributed by atoms with Crippen LogP contribution in [0.4, 0.5) is 0 Å². The molecule has 0 saturated heterocycles. The second kappa shape index (κ2) is 7.77. The maximum Gasteiger partial charge on any atom is 0.334 e. The van der Waals surface area contributed by atoms with Crippen LogP contribution in [0.1, 0.15) is 91.9 Å². The topological polar surface area (TPSA) is 61.8 Å². The van der Waals surface area contributed by atoms with Crippen molar-refractivity contribution < 1.29 is 23.8 Å². The molecule has 1 aliphatic heterocycles. The molecule has 32 heavy (non-hydrogen) atoms. The molecule has 1 heterocycles. The molecule has 5 nitrogen and oxygen atoms in total. The molecule has 0 N–H and O–H groups in total. The molecule has 4 fully saturated rings. The second-order valence-electron chi connectivity index (χ2n) is 11.9. The number of carbonyl (C=O) groups excluding carboxylic acids is 2. The molecule has 5 heteroatoms. The van der Waals surface area contributed by atoms with E-state index in [1.54, 1.807) is 13.0 Å². The van der Waals surface area contributed by atoms with Gasteiger partial charge in [-0.1, -0.05) is 13.8 Å². The maximum atomic E-state index is 12.3. The summed E-state index contributed by atoms with van der Waals surface area (Å²) in [6.45, 7) is 9.04. The summed E-state index contributed by atoms with van der Waals surface area (Å²) in [4.78, 5) is 24.0. The van der Waals surface area contributed by atoms with E-state index in [2.05, 4.69) is 13.8 Å². The minimum atomic E-state index is -0.371. The first kappa shape index (κ1) is 22.3. The monoisotopic (exact) mass is 444 g/mol. The lowest BCUT2D eigenvalue weighted by atomic mass is 9.44. The Morgan fingerprint density at radius 2 is 1.84 bits per heavy atom. The Kier molecular flexibility index (Phi) is 5.41. The summed E-state index contributed by atoms with van der Waals surface area (Å²) in [5, 5.41) is 0. The Hall–Kier alpha value is -1.52. The molecule has 1 spiro atoms. The molecule has 0 bridgehead atoms. The third kappa shape index (κ3) is 3.40. The zero-order chi connectivity index (χ0) is 22.7. The van der Waals surface area contributed by atoms with E-state index in [1.165, 1.54) is 25.7 Å². The van der Waals surface area contributed by atoms with Crippen LogP contribution in [-0.4, -0.2) is 30.3 Å². The van der Waals surface area contributed by atoms with Gasteiger partial charge in [-0.3, -0.25) is 4.79 Å². The van der Waals surface area contributed by atoms with Gasteiger partial charge < -0.3 is 14.2 Å². The van der Waals surface area contributed by atoms with Crippen LogP contribution in [0.3, 0.4) is 0 Å². The number of fused-ring (bicyclic) bond motifs is 5. The highest BCUT2D eigenvalue weighted by molar-refractivity contribution is 5.83. The van der Waals surface area contributed by atoms with Gasteiger partial charge in [0.1, 0.15) is 17.5 Å². The fraction of sp³-hybridized carbons (Fsp3) is 0.852. The summed E-state index contributed by atoms with van der Waals surface area (Å²) >= 11 is 0. The average molecular weight is 445 g/mol. The van der Waals surface area contributed by atoms with Gasteiger partial charge in [-0.15, -0.1) is 0 Å². The summed E-state index contributed by atoms with van der Waals surface area (Å²) in [7, 11) is 0. The van der Waals surface area contributed by atoms with Crippen LogP contribution in [0.2, 0.25) is 0 Å². The van der Waals surface area contributed by atoms with Gasteiger partial charge in [0.25, 0.3) is 0 Å². The lowest BCUT2D eigenvalue weighted by Gasteiger charge is -2.62. The van der Waals surface area contributed by atoms with Crippen molar-refractivity contribution in [2.24, 2.45) is 34.5 Å². The smallest absolute Gasteiger partial charge is 0.334 e. The molecule has 0 aromatic heterocycles. The molecule has 8 atom stereocenters. The summed E-state index contributed by atoms with van der Waals surface area (Å²) in [5.74, 6) is 3.17. The van der Waals surface area contributed by atoms with Crippen LogP contribution < -0.4 is 0 Å². The van der Waals surface area contributed by atoms with Crippen molar-refractivity contribution in [2.75, 3.05) is 6.61 Å². The standard InChI is InChI=1S/C27H40O5/c1-5-30-19-14-24(29)32-27(16-19)13-12-25(3)18(15-27)6-7-20-21-8-9-23(31-17(2)28)26(21,4)11-10-22(20)25/h14,18,20-23H,5-13,15-16H2,1-4H3/t18-,20-,21-,22-,23-,25-,26-,27+/m0/s1. The molecule has 0 unspecified atom stereocenters. The third-order valence-corrected chi connectivity index (χ3v) is 10.4. The molecule has 178 valence electrons. The minimum absolute atomic E-state index is 0.0940. The van der Waals surface area contributed by atoms with Gasteiger partial charge in [0.15, 0.2) is 0 Å². The highest BCUT2D eigenvalue weighted by Crippen LogP contribution is 2.67. The molecule has 4 aliphatic carbocycles. The third-order valence-electron chi connectivity index (χ3n) is 10.4. The van der Waals surface area contributed by atoms with Gasteiger partial charge in [-0.25, -0.2) is 4.79 Å². The Bertz CT molecular complexity index is 819. The predicted octanol–water partition coefficient (Wildman–Crippen LogP) is 5.57. The van der Waals surface area contributed by atoms with Gasteiger partial charge in [-0.05, 0) is 93.8 Å². The van der Waals surface area contributed by atoms with Crippen molar-refractivity contribution in [3.8, 4) is 0 Å². The number of carbonyl (C=O) groups is 2. The molecule has 0 amide bonds. The van der Waals surface area contributed by atoms with E-state index in [1.807, 2.05) is 6.92 Å². The fourth-order valence-corrected chi connectivity index (χ4v) is 8.96. The summed E-state index contributed by atoms with van der Waals surface area (Å²) in [6.07, 6.45) is 12.5. The highest BCUT2D eigenvalue weighted by atomic mass is 16.6. The lowest BCUT2D eigenvalue weighted by molar-refractivity contribution is -0.187. The van der Waals surface area contributed by atoms with Gasteiger partial charge in [-0.2, -0.15) is 0 Å². The van der Waals surface area contributed by atoms with Gasteiger partial charge in [0, 0.05) is 18.8 Å². The Morgan fingerprint density at radius 3 is 2.59 bits per heavy atom. The van der Waals surface area contributed by atoms with Crippen molar-refractivity contribution in [2.45, 2.75) is 104 Å². The van der Waals surface area contributed by atoms with Crippen molar-refractivity contribution >= 4 is 11.9 Å². The van der Waals surface area contributed by atoms with Crippen molar-refractivity contribution in [3.05, 3.63) is 11.8 Å². The molecule has 5 aliphatic rings. The number of hydrogen-bond donors (Lipinski definition) is 0. The van der Waals surface area contributed by atoms with Crippen LogP contribution in [-0.2, 0) is 23.8 Å². The molecule has 0 aromatic rings. The van der Waals surface area contributed by atoms with Crippen molar-refractivity contribution in [1.82, 2.24) is 0 Å². The van der Waals surface area contributed by atoms with Crippen molar-refractivity contribution in [1.29, 1.82) is 0 Å². The number of esters is 2. The second-order valence-corrected chi connectivity index (χ2v) is 11.9. The van der Waals surface area contributed by atoms with E-state index < -0.39 is 0 Å². The van der Waals surface area contributed by atoms with E-state index in [0.29, 0.717) is 23.9 Å². The average Bonchev–Trinajstić information content (AvgIpc) is 3.04. The minimum Gasteiger partial charge on any atom is -0.498 e. The molecule has 4 saturated carbocycles. The molecular formula is C27H40O5. The van der Waals surface area contributed by atoms with Gasteiger partial charge >= 0.3 is 11.9 Å². The normalized spacial score (nSPS) is 47.6. The van der Waals surface area contributed by atoms with E-state index in [4.69, 9.17) is 14.2 Å². The Balaban J connectivity index is 1.34. The Labute approximate surface area is 192 Å². The lowest BCUT2D eigenvalue weighted by Crippen LogP contribution is -2.57. The summed E-state index contributed by atoms with van der Waals surface area (Å²) in [6, 6.07) is 0. The fourth-order valence-electron chi connectivity index (χ4n) is 8.96. The molecule has 0 aromatic carbocycles. The van der Waals surface area contributed by atoms with Crippen LogP contribution in [0.5, 0.6) is 0 Å². The van der Waals surface area contributed by atoms with Gasteiger partial charge in [0.05, 0.1) is 12.7 Å². The quantitative estimate of drug-likeness (QED) is 0.533. The van der Waals surface area contributed by atoms with Gasteiger partial charge in [0.2, 0.25) is 0 Å². The Morgan fingerprint density at radius 1 is 1.06 bits per heavy atom. The van der Waals surface area contributed by atoms with Crippen LogP contribution >= 0.6 is 0 Å². The van der Waals surface area contributed by atoms with E-state index in [0.717, 1.165) is 56.1 Å². The number of ether oxygens (including phenoxy) is 3. The first-order chi connectivity index (χ1) is 15.2. The number of rotatable bonds is 3. The summed E-state index contributed by atoms with van der Waals surface area (Å²) in [5.41, 5.74) is 0.0840. The molecular weight excluding hydrogens is 404 g/mol. The first-order valence-electron chi connectivity index (χ1n) is 12.9. The largest absolute Gasteiger partial charge is 0.498 e. The molecule has 0 radical (unpaired) electrons. The summed E-state index contributed by atoms with van der Waals surface area (Å²) < 4.78 is 17.6. The van der Waals surface area contributed by atoms with Crippen molar-refractivity contribution in [3.63, 3.8) is 0 Å².